The fourth-order valence-electron chi connectivity index (χ4n) is 1.60. The Kier molecular flexibility index (Phi) is 8.92. The molecule has 1 aliphatic heterocycles. The van der Waals surface area contributed by atoms with E-state index in [-0.39, 0.29) is 29.7 Å². The summed E-state index contributed by atoms with van der Waals surface area (Å²) in [5, 5.41) is 8.43. The Labute approximate surface area is 129 Å². The first-order valence-electron chi connectivity index (χ1n) is 6.07. The summed E-state index contributed by atoms with van der Waals surface area (Å²) in [6, 6.07) is 0. The SMILES string of the molecule is Br.C=C(C)COC(=O)N1CCN(C(=N)SCC)CC1. The van der Waals surface area contributed by atoms with Crippen LogP contribution in [-0.2, 0) is 4.74 Å². The first kappa shape index (κ1) is 18.3. The number of halogens is 1. The van der Waals surface area contributed by atoms with Crippen molar-refractivity contribution in [2.45, 2.75) is 13.8 Å². The summed E-state index contributed by atoms with van der Waals surface area (Å²) in [6.45, 7) is 10.5. The molecule has 0 aromatic heterocycles. The van der Waals surface area contributed by atoms with Crippen LogP contribution in [0, 0.1) is 5.41 Å². The van der Waals surface area contributed by atoms with Crippen molar-refractivity contribution in [3.63, 3.8) is 0 Å². The molecule has 1 aliphatic rings. The molecule has 1 N–H and O–H groups in total. The summed E-state index contributed by atoms with van der Waals surface area (Å²) in [5.74, 6) is 0.902. The fraction of sp³-hybridized carbons (Fsp3) is 0.667. The van der Waals surface area contributed by atoms with Gasteiger partial charge in [-0.1, -0.05) is 25.3 Å². The lowest BCUT2D eigenvalue weighted by atomic mass is 10.3. The van der Waals surface area contributed by atoms with Crippen molar-refractivity contribution in [3.8, 4) is 0 Å². The minimum Gasteiger partial charge on any atom is -0.445 e. The van der Waals surface area contributed by atoms with E-state index in [1.165, 1.54) is 11.8 Å². The van der Waals surface area contributed by atoms with Crippen LogP contribution in [0.25, 0.3) is 0 Å². The smallest absolute Gasteiger partial charge is 0.410 e. The Morgan fingerprint density at radius 2 is 1.84 bits per heavy atom. The molecule has 0 unspecified atom stereocenters. The monoisotopic (exact) mass is 351 g/mol. The number of piperazine rings is 1. The van der Waals surface area contributed by atoms with Crippen LogP contribution in [0.3, 0.4) is 0 Å². The first-order valence-corrected chi connectivity index (χ1v) is 7.05. The van der Waals surface area contributed by atoms with Crippen molar-refractivity contribution < 1.29 is 9.53 Å². The molecule has 1 rings (SSSR count). The van der Waals surface area contributed by atoms with Gasteiger partial charge in [0.2, 0.25) is 0 Å². The average Bonchev–Trinajstić information content (AvgIpc) is 2.36. The Balaban J connectivity index is 0.00000324. The van der Waals surface area contributed by atoms with Crippen LogP contribution in [0.1, 0.15) is 13.8 Å². The van der Waals surface area contributed by atoms with Crippen molar-refractivity contribution in [1.29, 1.82) is 5.41 Å². The highest BCUT2D eigenvalue weighted by Crippen LogP contribution is 2.11. The summed E-state index contributed by atoms with van der Waals surface area (Å²) in [7, 11) is 0. The third-order valence-electron chi connectivity index (χ3n) is 2.55. The van der Waals surface area contributed by atoms with Crippen molar-refractivity contribution in [1.82, 2.24) is 9.80 Å². The van der Waals surface area contributed by atoms with Crippen molar-refractivity contribution in [3.05, 3.63) is 12.2 Å². The quantitative estimate of drug-likeness (QED) is 0.482. The van der Waals surface area contributed by atoms with Gasteiger partial charge in [0.05, 0.1) is 0 Å². The van der Waals surface area contributed by atoms with E-state index in [1.807, 2.05) is 18.7 Å². The van der Waals surface area contributed by atoms with Crippen LogP contribution in [0.5, 0.6) is 0 Å². The number of hydrogen-bond donors (Lipinski definition) is 1. The lowest BCUT2D eigenvalue weighted by molar-refractivity contribution is 0.0950. The van der Waals surface area contributed by atoms with Gasteiger partial charge in [0, 0.05) is 26.2 Å². The molecule has 1 heterocycles. The summed E-state index contributed by atoms with van der Waals surface area (Å²) in [5.41, 5.74) is 0.836. The second-order valence-corrected chi connectivity index (χ2v) is 5.48. The highest BCUT2D eigenvalue weighted by atomic mass is 79.9. The Hall–Kier alpha value is -0.690. The van der Waals surface area contributed by atoms with E-state index in [9.17, 15) is 4.79 Å². The number of nitrogens with zero attached hydrogens (tertiary/aromatic N) is 2. The molecular weight excluding hydrogens is 330 g/mol. The molecule has 7 heteroatoms. The standard InChI is InChI=1S/C12H21N3O2S.BrH/c1-4-18-11(13)14-5-7-15(8-6-14)12(16)17-9-10(2)3;/h13H,2,4-9H2,1,3H3;1H. The number of rotatable bonds is 3. The molecule has 1 fully saturated rings. The van der Waals surface area contributed by atoms with Gasteiger partial charge in [-0.25, -0.2) is 4.79 Å². The molecule has 0 aromatic carbocycles. The molecule has 0 aromatic rings. The summed E-state index contributed by atoms with van der Waals surface area (Å²) in [4.78, 5) is 15.4. The van der Waals surface area contributed by atoms with E-state index in [4.69, 9.17) is 10.1 Å². The van der Waals surface area contributed by atoms with Gasteiger partial charge < -0.3 is 14.5 Å². The third kappa shape index (κ3) is 6.33. The third-order valence-corrected chi connectivity index (χ3v) is 3.37. The van der Waals surface area contributed by atoms with E-state index < -0.39 is 0 Å². The van der Waals surface area contributed by atoms with Crippen LogP contribution in [-0.4, -0.2) is 59.6 Å². The summed E-state index contributed by atoms with van der Waals surface area (Å²) < 4.78 is 5.10. The van der Waals surface area contributed by atoms with Crippen LogP contribution in [0.2, 0.25) is 0 Å². The molecule has 0 aliphatic carbocycles. The maximum Gasteiger partial charge on any atom is 0.410 e. The predicted molar refractivity (Wildman–Crippen MR) is 85.5 cm³/mol. The van der Waals surface area contributed by atoms with Gasteiger partial charge >= 0.3 is 6.09 Å². The number of nitrogens with one attached hydrogen (secondary N) is 1. The molecular formula is C12H22BrN3O2S. The molecule has 0 radical (unpaired) electrons. The zero-order valence-electron chi connectivity index (χ0n) is 11.5. The molecule has 110 valence electrons. The number of carbonyl (C=O) groups is 1. The number of carbonyl (C=O) groups excluding carboxylic acids is 1. The Bertz CT molecular complexity index is 331. The van der Waals surface area contributed by atoms with E-state index in [0.717, 1.165) is 11.3 Å². The molecule has 0 bridgehead atoms. The molecule has 0 saturated carbocycles. The molecule has 1 saturated heterocycles. The maximum absolute atomic E-state index is 11.7. The second-order valence-electron chi connectivity index (χ2n) is 4.22. The first-order chi connectivity index (χ1) is 8.54. The van der Waals surface area contributed by atoms with E-state index in [0.29, 0.717) is 31.3 Å². The fourth-order valence-corrected chi connectivity index (χ4v) is 2.23. The average molecular weight is 352 g/mol. The van der Waals surface area contributed by atoms with Crippen LogP contribution < -0.4 is 0 Å². The maximum atomic E-state index is 11.7. The van der Waals surface area contributed by atoms with Crippen LogP contribution in [0.4, 0.5) is 4.79 Å². The topological polar surface area (TPSA) is 56.6 Å². The van der Waals surface area contributed by atoms with Crippen molar-refractivity contribution in [2.75, 3.05) is 38.5 Å². The lowest BCUT2D eigenvalue weighted by Gasteiger charge is -2.35. The Morgan fingerprint density at radius 3 is 2.32 bits per heavy atom. The van der Waals surface area contributed by atoms with Crippen LogP contribution >= 0.6 is 28.7 Å². The zero-order chi connectivity index (χ0) is 13.5. The Morgan fingerprint density at radius 1 is 1.32 bits per heavy atom. The number of hydrogen-bond acceptors (Lipinski definition) is 4. The van der Waals surface area contributed by atoms with Crippen molar-refractivity contribution in [2.24, 2.45) is 0 Å². The van der Waals surface area contributed by atoms with Gasteiger partial charge in [-0.05, 0) is 18.2 Å². The largest absolute Gasteiger partial charge is 0.445 e. The number of amides is 1. The minimum atomic E-state index is -0.285. The molecule has 0 spiro atoms. The highest BCUT2D eigenvalue weighted by Gasteiger charge is 2.23. The number of ether oxygens (including phenoxy) is 1. The van der Waals surface area contributed by atoms with E-state index >= 15 is 0 Å². The number of amidine groups is 1. The predicted octanol–water partition coefficient (Wildman–Crippen LogP) is 2.58. The normalized spacial score (nSPS) is 14.6. The molecule has 1 amide bonds. The lowest BCUT2D eigenvalue weighted by Crippen LogP contribution is -2.50. The summed E-state index contributed by atoms with van der Waals surface area (Å²) in [6.07, 6.45) is -0.285. The number of thioether (sulfide) groups is 1. The zero-order valence-corrected chi connectivity index (χ0v) is 14.0. The second kappa shape index (κ2) is 9.25. The highest BCUT2D eigenvalue weighted by molar-refractivity contribution is 8.93. The van der Waals surface area contributed by atoms with Gasteiger partial charge in [-0.3, -0.25) is 5.41 Å². The van der Waals surface area contributed by atoms with Crippen LogP contribution in [0.15, 0.2) is 12.2 Å². The molecule has 19 heavy (non-hydrogen) atoms. The van der Waals surface area contributed by atoms with Gasteiger partial charge in [0.25, 0.3) is 0 Å². The minimum absolute atomic E-state index is 0. The van der Waals surface area contributed by atoms with Gasteiger partial charge in [-0.2, -0.15) is 0 Å². The van der Waals surface area contributed by atoms with E-state index in [1.54, 1.807) is 4.90 Å². The molecule has 5 nitrogen and oxygen atoms in total. The van der Waals surface area contributed by atoms with Crippen molar-refractivity contribution >= 4 is 40.0 Å². The van der Waals surface area contributed by atoms with E-state index in [2.05, 4.69) is 6.58 Å². The van der Waals surface area contributed by atoms with Gasteiger partial charge in [-0.15, -0.1) is 17.0 Å². The molecule has 0 atom stereocenters. The summed E-state index contributed by atoms with van der Waals surface area (Å²) >= 11 is 1.52. The van der Waals surface area contributed by atoms with Gasteiger partial charge in [0.15, 0.2) is 5.17 Å². The van der Waals surface area contributed by atoms with Gasteiger partial charge in [0.1, 0.15) is 6.61 Å².